The third-order valence-electron chi connectivity index (χ3n) is 4.18. The maximum atomic E-state index is 14.2. The Balaban J connectivity index is 1.91. The molecule has 0 saturated carbocycles. The summed E-state index contributed by atoms with van der Waals surface area (Å²) in [6.45, 7) is 3.76. The second kappa shape index (κ2) is 9.27. The van der Waals surface area contributed by atoms with Gasteiger partial charge in [-0.25, -0.2) is 26.3 Å². The third-order valence-corrected chi connectivity index (χ3v) is 5.19. The van der Waals surface area contributed by atoms with Crippen molar-refractivity contribution in [1.29, 1.82) is 0 Å². The lowest BCUT2D eigenvalue weighted by atomic mass is 10.1. The standard InChI is InChI=1S/C21H16F5N3S/c1-12(27)14-4-2-13(3-5-14)10-29(11-15-6-7-28-9-17(15)23)30-18-8-16(22)19(24)21(26)20(18)25/h2-9H,1,10-11,27H2. The Morgan fingerprint density at radius 1 is 0.933 bits per heavy atom. The third kappa shape index (κ3) is 4.98. The van der Waals surface area contributed by atoms with Gasteiger partial charge in [-0.3, -0.25) is 4.98 Å². The van der Waals surface area contributed by atoms with Gasteiger partial charge in [0.2, 0.25) is 0 Å². The first-order valence-electron chi connectivity index (χ1n) is 8.64. The SMILES string of the molecule is C=C(N)c1ccc(CN(Cc2ccncc2F)Sc2cc(F)c(F)c(F)c2F)cc1. The zero-order valence-corrected chi connectivity index (χ0v) is 16.3. The van der Waals surface area contributed by atoms with E-state index >= 15 is 0 Å². The number of hydrogen-bond acceptors (Lipinski definition) is 4. The summed E-state index contributed by atoms with van der Waals surface area (Å²) in [5, 5.41) is 0. The summed E-state index contributed by atoms with van der Waals surface area (Å²) in [6, 6.07) is 8.94. The zero-order valence-electron chi connectivity index (χ0n) is 15.5. The van der Waals surface area contributed by atoms with Crippen molar-refractivity contribution in [3.8, 4) is 0 Å². The van der Waals surface area contributed by atoms with Gasteiger partial charge < -0.3 is 5.73 Å². The Bertz CT molecular complexity index is 1070. The molecule has 30 heavy (non-hydrogen) atoms. The molecule has 9 heteroatoms. The highest BCUT2D eigenvalue weighted by molar-refractivity contribution is 7.97. The van der Waals surface area contributed by atoms with E-state index in [1.165, 1.54) is 16.6 Å². The van der Waals surface area contributed by atoms with E-state index in [4.69, 9.17) is 5.73 Å². The van der Waals surface area contributed by atoms with Gasteiger partial charge in [0.05, 0.1) is 11.1 Å². The summed E-state index contributed by atoms with van der Waals surface area (Å²) in [5.74, 6) is -7.42. The van der Waals surface area contributed by atoms with Gasteiger partial charge in [0.15, 0.2) is 23.3 Å². The number of aromatic nitrogens is 1. The molecule has 1 aromatic heterocycles. The van der Waals surface area contributed by atoms with Gasteiger partial charge in [-0.2, -0.15) is 0 Å². The Morgan fingerprint density at radius 2 is 1.63 bits per heavy atom. The Labute approximate surface area is 174 Å². The second-order valence-corrected chi connectivity index (χ2v) is 7.52. The summed E-state index contributed by atoms with van der Waals surface area (Å²) < 4.78 is 70.2. The predicted molar refractivity (Wildman–Crippen MR) is 105 cm³/mol. The molecule has 0 unspecified atom stereocenters. The van der Waals surface area contributed by atoms with Gasteiger partial charge in [0.25, 0.3) is 0 Å². The number of pyridine rings is 1. The van der Waals surface area contributed by atoms with Crippen LogP contribution in [0.15, 0.2) is 60.3 Å². The molecule has 1 heterocycles. The largest absolute Gasteiger partial charge is 0.399 e. The molecule has 0 radical (unpaired) electrons. The van der Waals surface area contributed by atoms with Crippen LogP contribution in [0.5, 0.6) is 0 Å². The molecule has 0 saturated heterocycles. The van der Waals surface area contributed by atoms with Gasteiger partial charge in [-0.15, -0.1) is 0 Å². The van der Waals surface area contributed by atoms with Gasteiger partial charge in [0.1, 0.15) is 5.82 Å². The first kappa shape index (κ1) is 21.8. The average Bonchev–Trinajstić information content (AvgIpc) is 2.72. The summed E-state index contributed by atoms with van der Waals surface area (Å²) in [4.78, 5) is 3.21. The van der Waals surface area contributed by atoms with Gasteiger partial charge in [0, 0.05) is 30.5 Å². The zero-order chi connectivity index (χ0) is 21.8. The molecule has 0 amide bonds. The van der Waals surface area contributed by atoms with Crippen LogP contribution in [0.25, 0.3) is 5.70 Å². The smallest absolute Gasteiger partial charge is 0.198 e. The monoisotopic (exact) mass is 437 g/mol. The van der Waals surface area contributed by atoms with Gasteiger partial charge in [-0.1, -0.05) is 30.8 Å². The van der Waals surface area contributed by atoms with Crippen LogP contribution < -0.4 is 5.73 Å². The molecular weight excluding hydrogens is 421 g/mol. The van der Waals surface area contributed by atoms with Crippen LogP contribution >= 0.6 is 11.9 Å². The predicted octanol–water partition coefficient (Wildman–Crippen LogP) is 5.42. The molecule has 0 fully saturated rings. The second-order valence-electron chi connectivity index (χ2n) is 6.38. The maximum absolute atomic E-state index is 14.2. The average molecular weight is 437 g/mol. The molecule has 156 valence electrons. The van der Waals surface area contributed by atoms with Crippen molar-refractivity contribution < 1.29 is 22.0 Å². The molecule has 0 aliphatic rings. The van der Waals surface area contributed by atoms with Gasteiger partial charge >= 0.3 is 0 Å². The number of nitrogens with two attached hydrogens (primary N) is 1. The molecule has 0 aliphatic heterocycles. The summed E-state index contributed by atoms with van der Waals surface area (Å²) in [6.07, 6.45) is 2.42. The highest BCUT2D eigenvalue weighted by Crippen LogP contribution is 2.32. The van der Waals surface area contributed by atoms with Crippen LogP contribution in [0.2, 0.25) is 0 Å². The lowest BCUT2D eigenvalue weighted by Gasteiger charge is -2.22. The van der Waals surface area contributed by atoms with Crippen LogP contribution in [0.3, 0.4) is 0 Å². The highest BCUT2D eigenvalue weighted by Gasteiger charge is 2.22. The Morgan fingerprint density at radius 3 is 2.27 bits per heavy atom. The normalized spacial score (nSPS) is 11.1. The molecule has 0 spiro atoms. The molecule has 2 aromatic carbocycles. The topological polar surface area (TPSA) is 42.1 Å². The van der Waals surface area contributed by atoms with Crippen LogP contribution in [0.1, 0.15) is 16.7 Å². The van der Waals surface area contributed by atoms with E-state index < -0.39 is 34.0 Å². The molecule has 0 aliphatic carbocycles. The van der Waals surface area contributed by atoms with E-state index in [0.29, 0.717) is 29.3 Å². The van der Waals surface area contributed by atoms with E-state index in [0.717, 1.165) is 11.8 Å². The lowest BCUT2D eigenvalue weighted by Crippen LogP contribution is -2.17. The van der Waals surface area contributed by atoms with Crippen molar-refractivity contribution in [2.24, 2.45) is 5.73 Å². The van der Waals surface area contributed by atoms with Crippen molar-refractivity contribution >= 4 is 17.6 Å². The molecule has 3 nitrogen and oxygen atoms in total. The number of rotatable bonds is 7. The van der Waals surface area contributed by atoms with Crippen LogP contribution in [0.4, 0.5) is 22.0 Å². The minimum atomic E-state index is -1.90. The highest BCUT2D eigenvalue weighted by atomic mass is 32.2. The van der Waals surface area contributed by atoms with Crippen molar-refractivity contribution in [3.63, 3.8) is 0 Å². The van der Waals surface area contributed by atoms with Crippen molar-refractivity contribution in [2.45, 2.75) is 18.0 Å². The van der Waals surface area contributed by atoms with E-state index in [2.05, 4.69) is 11.6 Å². The van der Waals surface area contributed by atoms with Crippen molar-refractivity contribution in [1.82, 2.24) is 9.29 Å². The summed E-state index contributed by atoms with van der Waals surface area (Å²) in [5.41, 5.74) is 7.72. The number of benzene rings is 2. The first-order chi connectivity index (χ1) is 14.3. The van der Waals surface area contributed by atoms with E-state index in [1.807, 2.05) is 0 Å². The van der Waals surface area contributed by atoms with Crippen molar-refractivity contribution in [3.05, 3.63) is 101 Å². The molecule has 3 aromatic rings. The van der Waals surface area contributed by atoms with Crippen LogP contribution in [0, 0.1) is 29.1 Å². The maximum Gasteiger partial charge on any atom is 0.198 e. The number of nitrogens with zero attached hydrogens (tertiary/aromatic N) is 2. The van der Waals surface area contributed by atoms with E-state index in [1.54, 1.807) is 24.3 Å². The molecule has 0 atom stereocenters. The minimum absolute atomic E-state index is 0.0373. The lowest BCUT2D eigenvalue weighted by molar-refractivity contribution is 0.395. The fourth-order valence-corrected chi connectivity index (χ4v) is 3.65. The fourth-order valence-electron chi connectivity index (χ4n) is 2.63. The van der Waals surface area contributed by atoms with E-state index in [9.17, 15) is 22.0 Å². The Kier molecular flexibility index (Phi) is 6.73. The van der Waals surface area contributed by atoms with Gasteiger partial charge in [-0.05, 0) is 35.2 Å². The molecular formula is C21H16F5N3S. The van der Waals surface area contributed by atoms with Crippen LogP contribution in [-0.2, 0) is 13.1 Å². The molecule has 0 bridgehead atoms. The molecule has 3 rings (SSSR count). The minimum Gasteiger partial charge on any atom is -0.399 e. The fraction of sp³-hybridized carbons (Fsp3) is 0.0952. The van der Waals surface area contributed by atoms with Crippen LogP contribution in [-0.4, -0.2) is 9.29 Å². The summed E-state index contributed by atoms with van der Waals surface area (Å²) in [7, 11) is 0. The summed E-state index contributed by atoms with van der Waals surface area (Å²) >= 11 is 0.644. The van der Waals surface area contributed by atoms with Crippen molar-refractivity contribution in [2.75, 3.05) is 0 Å². The first-order valence-corrected chi connectivity index (χ1v) is 9.41. The molecule has 2 N–H and O–H groups in total. The number of hydrogen-bond donors (Lipinski definition) is 1. The van der Waals surface area contributed by atoms with E-state index in [-0.39, 0.29) is 18.7 Å². The quantitative estimate of drug-likeness (QED) is 0.232. The number of halogens is 5. The Hall–Kier alpha value is -2.91.